The van der Waals surface area contributed by atoms with Gasteiger partial charge < -0.3 is 15.3 Å². The summed E-state index contributed by atoms with van der Waals surface area (Å²) in [6.07, 6.45) is 4.72. The van der Waals surface area contributed by atoms with Crippen molar-refractivity contribution >= 4 is 11.8 Å². The minimum Gasteiger partial charge on any atom is -0.480 e. The first kappa shape index (κ1) is 9.85. The third-order valence-corrected chi connectivity index (χ3v) is 2.37. The van der Waals surface area contributed by atoms with Gasteiger partial charge in [0.05, 0.1) is 6.20 Å². The maximum absolute atomic E-state index is 11.0. The van der Waals surface area contributed by atoms with Gasteiger partial charge in [0, 0.05) is 32.0 Å². The Kier molecular flexibility index (Phi) is 2.77. The zero-order valence-electron chi connectivity index (χ0n) is 8.13. The summed E-state index contributed by atoms with van der Waals surface area (Å²) < 4.78 is 0. The molecule has 0 aliphatic carbocycles. The topological polar surface area (TPSA) is 78.4 Å². The van der Waals surface area contributed by atoms with E-state index < -0.39 is 12.0 Å². The van der Waals surface area contributed by atoms with Gasteiger partial charge in [-0.15, -0.1) is 0 Å². The van der Waals surface area contributed by atoms with Gasteiger partial charge in [-0.2, -0.15) is 0 Å². The number of hydrogen-bond acceptors (Lipinski definition) is 5. The predicted molar refractivity (Wildman–Crippen MR) is 53.7 cm³/mol. The van der Waals surface area contributed by atoms with Crippen LogP contribution in [0.2, 0.25) is 0 Å². The van der Waals surface area contributed by atoms with Gasteiger partial charge in [0.25, 0.3) is 0 Å². The van der Waals surface area contributed by atoms with E-state index in [1.165, 1.54) is 0 Å². The number of anilines is 1. The van der Waals surface area contributed by atoms with Crippen molar-refractivity contribution in [2.75, 3.05) is 24.5 Å². The van der Waals surface area contributed by atoms with Gasteiger partial charge in [0.2, 0.25) is 0 Å². The van der Waals surface area contributed by atoms with Gasteiger partial charge in [-0.25, -0.2) is 9.78 Å². The largest absolute Gasteiger partial charge is 0.480 e. The second kappa shape index (κ2) is 4.22. The van der Waals surface area contributed by atoms with Crippen molar-refractivity contribution in [3.8, 4) is 0 Å². The molecule has 1 aromatic heterocycles. The molecule has 80 valence electrons. The van der Waals surface area contributed by atoms with E-state index in [2.05, 4.69) is 15.3 Å². The first-order valence-corrected chi connectivity index (χ1v) is 4.75. The van der Waals surface area contributed by atoms with Crippen LogP contribution in [-0.4, -0.2) is 46.7 Å². The number of piperazine rings is 1. The Morgan fingerprint density at radius 1 is 1.60 bits per heavy atom. The second-order valence-electron chi connectivity index (χ2n) is 3.32. The maximum atomic E-state index is 11.0. The Balaban J connectivity index is 2.22. The molecule has 0 bridgehead atoms. The fraction of sp³-hybridized carbons (Fsp3) is 0.444. The zero-order chi connectivity index (χ0) is 10.7. The Hall–Kier alpha value is -1.69. The molecule has 1 saturated heterocycles. The molecule has 1 aliphatic rings. The van der Waals surface area contributed by atoms with Crippen LogP contribution in [0.25, 0.3) is 0 Å². The van der Waals surface area contributed by atoms with E-state index in [-0.39, 0.29) is 0 Å². The van der Waals surface area contributed by atoms with Gasteiger partial charge in [-0.1, -0.05) is 0 Å². The number of carboxylic acid groups (broad SMARTS) is 1. The first-order chi connectivity index (χ1) is 7.29. The summed E-state index contributed by atoms with van der Waals surface area (Å²) >= 11 is 0. The first-order valence-electron chi connectivity index (χ1n) is 4.75. The normalized spacial score (nSPS) is 21.3. The number of nitrogens with zero attached hydrogens (tertiary/aromatic N) is 3. The highest BCUT2D eigenvalue weighted by Gasteiger charge is 2.29. The smallest absolute Gasteiger partial charge is 0.327 e. The van der Waals surface area contributed by atoms with Gasteiger partial charge in [0.15, 0.2) is 0 Å². The predicted octanol–water partition coefficient (Wildman–Crippen LogP) is -0.661. The summed E-state index contributed by atoms with van der Waals surface area (Å²) in [6.45, 7) is 1.84. The summed E-state index contributed by atoms with van der Waals surface area (Å²) in [5, 5.41) is 12.1. The fourth-order valence-corrected chi connectivity index (χ4v) is 1.64. The lowest BCUT2D eigenvalue weighted by Gasteiger charge is -2.33. The Morgan fingerprint density at radius 3 is 3.13 bits per heavy atom. The van der Waals surface area contributed by atoms with Crippen LogP contribution in [0.3, 0.4) is 0 Å². The quantitative estimate of drug-likeness (QED) is 0.671. The van der Waals surface area contributed by atoms with Gasteiger partial charge in [0.1, 0.15) is 11.9 Å². The van der Waals surface area contributed by atoms with Crippen LogP contribution >= 0.6 is 0 Å². The molecule has 0 aromatic carbocycles. The molecule has 2 N–H and O–H groups in total. The Morgan fingerprint density at radius 2 is 2.47 bits per heavy atom. The molecule has 2 heterocycles. The average molecular weight is 208 g/mol. The second-order valence-corrected chi connectivity index (χ2v) is 3.32. The number of hydrogen-bond donors (Lipinski definition) is 2. The highest BCUT2D eigenvalue weighted by molar-refractivity contribution is 5.78. The third kappa shape index (κ3) is 2.04. The lowest BCUT2D eigenvalue weighted by atomic mass is 10.2. The molecule has 15 heavy (non-hydrogen) atoms. The van der Waals surface area contributed by atoms with Crippen LogP contribution in [0.4, 0.5) is 5.82 Å². The highest BCUT2D eigenvalue weighted by Crippen LogP contribution is 2.13. The molecule has 0 spiro atoms. The molecule has 1 fully saturated rings. The number of carbonyl (C=O) groups is 1. The van der Waals surface area contributed by atoms with Crippen molar-refractivity contribution in [2.24, 2.45) is 0 Å². The van der Waals surface area contributed by atoms with Crippen LogP contribution < -0.4 is 10.2 Å². The van der Waals surface area contributed by atoms with E-state index in [1.54, 1.807) is 23.5 Å². The molecule has 6 nitrogen and oxygen atoms in total. The lowest BCUT2D eigenvalue weighted by Crippen LogP contribution is -2.55. The van der Waals surface area contributed by atoms with E-state index in [0.29, 0.717) is 18.9 Å². The summed E-state index contributed by atoms with van der Waals surface area (Å²) in [4.78, 5) is 20.8. The minimum absolute atomic E-state index is 0.436. The molecule has 1 aliphatic heterocycles. The molecule has 0 radical (unpaired) electrons. The van der Waals surface area contributed by atoms with Gasteiger partial charge in [-0.05, 0) is 0 Å². The molecule has 1 atom stereocenters. The van der Waals surface area contributed by atoms with Gasteiger partial charge in [-0.3, -0.25) is 4.98 Å². The fourth-order valence-electron chi connectivity index (χ4n) is 1.64. The van der Waals surface area contributed by atoms with E-state index >= 15 is 0 Å². The Labute approximate surface area is 87.0 Å². The van der Waals surface area contributed by atoms with Crippen molar-refractivity contribution in [2.45, 2.75) is 6.04 Å². The Bertz CT molecular complexity index is 343. The van der Waals surface area contributed by atoms with Crippen molar-refractivity contribution in [3.05, 3.63) is 18.6 Å². The van der Waals surface area contributed by atoms with E-state index in [1.807, 2.05) is 0 Å². The SMILES string of the molecule is O=C(O)[C@H]1CNCCN1c1cnccn1. The van der Waals surface area contributed by atoms with E-state index in [9.17, 15) is 4.79 Å². The molecular weight excluding hydrogens is 196 g/mol. The lowest BCUT2D eigenvalue weighted by molar-refractivity contribution is -0.138. The van der Waals surface area contributed by atoms with E-state index in [0.717, 1.165) is 6.54 Å². The zero-order valence-corrected chi connectivity index (χ0v) is 8.13. The van der Waals surface area contributed by atoms with Gasteiger partial charge >= 0.3 is 5.97 Å². The van der Waals surface area contributed by atoms with Crippen LogP contribution in [0.1, 0.15) is 0 Å². The minimum atomic E-state index is -0.840. The standard InChI is InChI=1S/C9H12N4O2/c14-9(15)7-5-11-3-4-13(7)8-6-10-1-2-12-8/h1-2,6-7,11H,3-5H2,(H,14,15)/t7-/m1/s1. The van der Waals surface area contributed by atoms with E-state index in [4.69, 9.17) is 5.11 Å². The highest BCUT2D eigenvalue weighted by atomic mass is 16.4. The molecule has 2 rings (SSSR count). The van der Waals surface area contributed by atoms with Crippen molar-refractivity contribution in [1.82, 2.24) is 15.3 Å². The summed E-state index contributed by atoms with van der Waals surface area (Å²) in [7, 11) is 0. The average Bonchev–Trinajstić information content (AvgIpc) is 2.30. The monoisotopic (exact) mass is 208 g/mol. The molecule has 1 aromatic rings. The maximum Gasteiger partial charge on any atom is 0.327 e. The summed E-state index contributed by atoms with van der Waals surface area (Å²) in [6, 6.07) is -0.560. The van der Waals surface area contributed by atoms with Crippen molar-refractivity contribution in [1.29, 1.82) is 0 Å². The number of rotatable bonds is 2. The molecule has 0 amide bonds. The van der Waals surface area contributed by atoms with Crippen LogP contribution in [0, 0.1) is 0 Å². The number of aromatic nitrogens is 2. The van der Waals surface area contributed by atoms with Crippen LogP contribution in [0.15, 0.2) is 18.6 Å². The van der Waals surface area contributed by atoms with Crippen molar-refractivity contribution in [3.63, 3.8) is 0 Å². The molecule has 6 heteroatoms. The third-order valence-electron chi connectivity index (χ3n) is 2.37. The molecule has 0 saturated carbocycles. The van der Waals surface area contributed by atoms with Crippen molar-refractivity contribution < 1.29 is 9.90 Å². The number of carboxylic acids is 1. The summed E-state index contributed by atoms with van der Waals surface area (Å²) in [5.74, 6) is -0.223. The van der Waals surface area contributed by atoms with Crippen LogP contribution in [0.5, 0.6) is 0 Å². The number of aliphatic carboxylic acids is 1. The molecule has 0 unspecified atom stereocenters. The summed E-state index contributed by atoms with van der Waals surface area (Å²) in [5.41, 5.74) is 0. The number of nitrogens with one attached hydrogen (secondary N) is 1. The van der Waals surface area contributed by atoms with Crippen LogP contribution in [-0.2, 0) is 4.79 Å². The molecular formula is C9H12N4O2.